The minimum absolute atomic E-state index is 0.124. The summed E-state index contributed by atoms with van der Waals surface area (Å²) in [6, 6.07) is 7.69. The highest BCUT2D eigenvalue weighted by Gasteiger charge is 2.26. The van der Waals surface area contributed by atoms with E-state index in [2.05, 4.69) is 5.32 Å². The third-order valence-electron chi connectivity index (χ3n) is 3.00. The summed E-state index contributed by atoms with van der Waals surface area (Å²) in [4.78, 5) is 12.0. The number of nitrogens with one attached hydrogen (secondary N) is 1. The van der Waals surface area contributed by atoms with E-state index in [-0.39, 0.29) is 5.91 Å². The van der Waals surface area contributed by atoms with E-state index in [4.69, 9.17) is 10.5 Å². The van der Waals surface area contributed by atoms with Gasteiger partial charge in [0, 0.05) is 12.1 Å². The Morgan fingerprint density at radius 3 is 2.68 bits per heavy atom. The topological polar surface area (TPSA) is 64.4 Å². The van der Waals surface area contributed by atoms with Crippen LogP contribution in [-0.4, -0.2) is 18.1 Å². The minimum atomic E-state index is -0.810. The van der Waals surface area contributed by atoms with Gasteiger partial charge in [0.05, 0.1) is 12.1 Å². The Balaban J connectivity index is 2.64. The molecule has 1 aromatic carbocycles. The van der Waals surface area contributed by atoms with Crippen LogP contribution in [0.1, 0.15) is 39.2 Å². The van der Waals surface area contributed by atoms with Crippen molar-refractivity contribution in [3.05, 3.63) is 29.8 Å². The molecular weight excluding hydrogens is 240 g/mol. The maximum absolute atomic E-state index is 12.0. The molecule has 0 bridgehead atoms. The van der Waals surface area contributed by atoms with Crippen molar-refractivity contribution in [2.45, 2.75) is 45.7 Å². The van der Waals surface area contributed by atoms with E-state index < -0.39 is 5.54 Å². The van der Waals surface area contributed by atoms with Gasteiger partial charge in [-0.1, -0.05) is 31.5 Å². The summed E-state index contributed by atoms with van der Waals surface area (Å²) in [5, 5.41) is 2.88. The van der Waals surface area contributed by atoms with E-state index in [1.807, 2.05) is 38.1 Å². The van der Waals surface area contributed by atoms with Crippen molar-refractivity contribution in [2.75, 3.05) is 6.61 Å². The van der Waals surface area contributed by atoms with Crippen LogP contribution in [0.4, 0.5) is 0 Å². The molecular formula is C15H24N2O2. The molecule has 4 heteroatoms. The zero-order valence-electron chi connectivity index (χ0n) is 12.0. The molecule has 0 aliphatic rings. The second kappa shape index (κ2) is 7.14. The molecule has 3 N–H and O–H groups in total. The number of rotatable bonds is 7. The molecule has 0 saturated heterocycles. The Kier molecular flexibility index (Phi) is 5.83. The molecule has 1 rings (SSSR count). The fourth-order valence-electron chi connectivity index (χ4n) is 1.96. The number of carbonyl (C=O) groups excluding carboxylic acids is 1. The third kappa shape index (κ3) is 4.56. The lowest BCUT2D eigenvalue weighted by atomic mass is 9.96. The molecule has 0 aromatic heterocycles. The number of hydrogen-bond donors (Lipinski definition) is 2. The molecule has 0 radical (unpaired) electrons. The summed E-state index contributed by atoms with van der Waals surface area (Å²) >= 11 is 0. The smallest absolute Gasteiger partial charge is 0.240 e. The van der Waals surface area contributed by atoms with E-state index in [0.717, 1.165) is 17.7 Å². The maximum Gasteiger partial charge on any atom is 0.240 e. The van der Waals surface area contributed by atoms with Gasteiger partial charge in [0.25, 0.3) is 0 Å². The Morgan fingerprint density at radius 2 is 2.05 bits per heavy atom. The molecule has 0 heterocycles. The quantitative estimate of drug-likeness (QED) is 0.793. The Hall–Kier alpha value is -1.55. The van der Waals surface area contributed by atoms with Gasteiger partial charge in [0.15, 0.2) is 0 Å². The Labute approximate surface area is 115 Å². The Morgan fingerprint density at radius 1 is 1.37 bits per heavy atom. The summed E-state index contributed by atoms with van der Waals surface area (Å²) in [6.07, 6.45) is 1.56. The number of amides is 1. The summed E-state index contributed by atoms with van der Waals surface area (Å²) < 4.78 is 5.52. The van der Waals surface area contributed by atoms with Crippen molar-refractivity contribution in [1.82, 2.24) is 5.32 Å². The van der Waals surface area contributed by atoms with Crippen molar-refractivity contribution in [3.8, 4) is 5.75 Å². The summed E-state index contributed by atoms with van der Waals surface area (Å²) in [5.41, 5.74) is 6.14. The first-order chi connectivity index (χ1) is 9.01. The van der Waals surface area contributed by atoms with E-state index in [1.165, 1.54) is 0 Å². The highest BCUT2D eigenvalue weighted by atomic mass is 16.5. The van der Waals surface area contributed by atoms with Gasteiger partial charge in [-0.15, -0.1) is 0 Å². The number of benzene rings is 1. The predicted molar refractivity (Wildman–Crippen MR) is 77.0 cm³/mol. The standard InChI is InChI=1S/C15H24N2O2/c1-4-10-15(3,16)14(18)17-11-12-8-6-7-9-13(12)19-5-2/h6-9H,4-5,10-11,16H2,1-3H3,(H,17,18). The molecule has 0 aliphatic carbocycles. The second-order valence-corrected chi connectivity index (χ2v) is 4.89. The highest BCUT2D eigenvalue weighted by molar-refractivity contribution is 5.85. The molecule has 4 nitrogen and oxygen atoms in total. The van der Waals surface area contributed by atoms with E-state index in [1.54, 1.807) is 6.92 Å². The molecule has 0 saturated carbocycles. The second-order valence-electron chi connectivity index (χ2n) is 4.89. The Bertz CT molecular complexity index is 416. The maximum atomic E-state index is 12.0. The van der Waals surface area contributed by atoms with Crippen LogP contribution >= 0.6 is 0 Å². The van der Waals surface area contributed by atoms with Crippen molar-refractivity contribution in [2.24, 2.45) is 5.73 Å². The molecule has 1 aromatic rings. The number of para-hydroxylation sites is 1. The van der Waals surface area contributed by atoms with Gasteiger partial charge in [-0.3, -0.25) is 4.79 Å². The molecule has 19 heavy (non-hydrogen) atoms. The average Bonchev–Trinajstić information content (AvgIpc) is 2.37. The van der Waals surface area contributed by atoms with Crippen LogP contribution in [0.5, 0.6) is 5.75 Å². The first kappa shape index (κ1) is 15.5. The fourth-order valence-corrected chi connectivity index (χ4v) is 1.96. The van der Waals surface area contributed by atoms with Crippen LogP contribution < -0.4 is 15.8 Å². The van der Waals surface area contributed by atoms with Gasteiger partial charge in [0.2, 0.25) is 5.91 Å². The lowest BCUT2D eigenvalue weighted by Crippen LogP contribution is -2.51. The minimum Gasteiger partial charge on any atom is -0.494 e. The van der Waals surface area contributed by atoms with Gasteiger partial charge >= 0.3 is 0 Å². The molecule has 1 unspecified atom stereocenters. The van der Waals surface area contributed by atoms with Gasteiger partial charge in [-0.25, -0.2) is 0 Å². The molecule has 106 valence electrons. The normalized spacial score (nSPS) is 13.7. The molecule has 0 spiro atoms. The van der Waals surface area contributed by atoms with Gasteiger partial charge in [-0.2, -0.15) is 0 Å². The van der Waals surface area contributed by atoms with E-state index in [9.17, 15) is 4.79 Å². The number of hydrogen-bond acceptors (Lipinski definition) is 3. The molecule has 0 fully saturated rings. The van der Waals surface area contributed by atoms with Crippen molar-refractivity contribution in [3.63, 3.8) is 0 Å². The number of carbonyl (C=O) groups is 1. The zero-order chi connectivity index (χ0) is 14.3. The van der Waals surface area contributed by atoms with E-state index in [0.29, 0.717) is 19.6 Å². The largest absolute Gasteiger partial charge is 0.494 e. The predicted octanol–water partition coefficient (Wildman–Crippen LogP) is 2.22. The van der Waals surface area contributed by atoms with Crippen molar-refractivity contribution < 1.29 is 9.53 Å². The number of ether oxygens (including phenoxy) is 1. The average molecular weight is 264 g/mol. The summed E-state index contributed by atoms with van der Waals surface area (Å²) in [6.45, 7) is 6.76. The monoisotopic (exact) mass is 264 g/mol. The van der Waals surface area contributed by atoms with Crippen molar-refractivity contribution >= 4 is 5.91 Å². The number of nitrogens with two attached hydrogens (primary N) is 1. The SMILES string of the molecule is CCCC(C)(N)C(=O)NCc1ccccc1OCC. The highest BCUT2D eigenvalue weighted by Crippen LogP contribution is 2.18. The lowest BCUT2D eigenvalue weighted by Gasteiger charge is -2.23. The van der Waals surface area contributed by atoms with Gasteiger partial charge < -0.3 is 15.8 Å². The zero-order valence-corrected chi connectivity index (χ0v) is 12.0. The van der Waals surface area contributed by atoms with Crippen LogP contribution in [0.15, 0.2) is 24.3 Å². The van der Waals surface area contributed by atoms with Crippen LogP contribution in [0.2, 0.25) is 0 Å². The fraction of sp³-hybridized carbons (Fsp3) is 0.533. The molecule has 0 aliphatic heterocycles. The van der Waals surface area contributed by atoms with E-state index >= 15 is 0 Å². The van der Waals surface area contributed by atoms with Gasteiger partial charge in [0.1, 0.15) is 5.75 Å². The summed E-state index contributed by atoms with van der Waals surface area (Å²) in [5.74, 6) is 0.681. The van der Waals surface area contributed by atoms with Gasteiger partial charge in [-0.05, 0) is 26.3 Å². The summed E-state index contributed by atoms with van der Waals surface area (Å²) in [7, 11) is 0. The first-order valence-corrected chi connectivity index (χ1v) is 6.79. The lowest BCUT2D eigenvalue weighted by molar-refractivity contribution is -0.126. The molecule has 1 amide bonds. The van der Waals surface area contributed by atoms with Crippen molar-refractivity contribution in [1.29, 1.82) is 0 Å². The van der Waals surface area contributed by atoms with Crippen LogP contribution in [0, 0.1) is 0 Å². The van der Waals surface area contributed by atoms with Crippen LogP contribution in [0.3, 0.4) is 0 Å². The molecule has 1 atom stereocenters. The third-order valence-corrected chi connectivity index (χ3v) is 3.00. The van der Waals surface area contributed by atoms with Crippen LogP contribution in [0.25, 0.3) is 0 Å². The van der Waals surface area contributed by atoms with Crippen LogP contribution in [-0.2, 0) is 11.3 Å². The first-order valence-electron chi connectivity index (χ1n) is 6.79.